The number of hydrogen-bond donors (Lipinski definition) is 1. The van der Waals surface area contributed by atoms with E-state index < -0.39 is 15.8 Å². The van der Waals surface area contributed by atoms with E-state index in [2.05, 4.69) is 21.2 Å². The van der Waals surface area contributed by atoms with E-state index in [1.165, 1.54) is 36.4 Å². The van der Waals surface area contributed by atoms with Gasteiger partial charge >= 0.3 is 0 Å². The molecule has 0 radical (unpaired) electrons. The van der Waals surface area contributed by atoms with Gasteiger partial charge in [-0.1, -0.05) is 11.6 Å². The monoisotopic (exact) mass is 516 g/mol. The van der Waals surface area contributed by atoms with Crippen LogP contribution in [0.4, 0.5) is 17.1 Å². The second-order valence-corrected chi connectivity index (χ2v) is 7.43. The van der Waals surface area contributed by atoms with Crippen LogP contribution in [0.3, 0.4) is 0 Å². The summed E-state index contributed by atoms with van der Waals surface area (Å²) in [6.07, 6.45) is 1.21. The van der Waals surface area contributed by atoms with Gasteiger partial charge in [0.1, 0.15) is 23.2 Å². The zero-order valence-corrected chi connectivity index (χ0v) is 18.1. The third-order valence-corrected chi connectivity index (χ3v) is 5.09. The van der Waals surface area contributed by atoms with Gasteiger partial charge in [0.05, 0.1) is 20.6 Å². The molecule has 2 aromatic carbocycles. The molecule has 0 aliphatic rings. The Morgan fingerprint density at radius 2 is 1.75 bits per heavy atom. The normalized spacial score (nSPS) is 11.0. The lowest BCUT2D eigenvalue weighted by Gasteiger charge is -2.06. The zero-order valence-electron chi connectivity index (χ0n) is 15.7. The molecule has 12 heteroatoms. The summed E-state index contributed by atoms with van der Waals surface area (Å²) in [5.41, 5.74) is -0.0115. The summed E-state index contributed by atoms with van der Waals surface area (Å²) in [7, 11) is 0. The van der Waals surface area contributed by atoms with Crippen molar-refractivity contribution in [1.82, 2.24) is 0 Å². The second kappa shape index (κ2) is 9.42. The van der Waals surface area contributed by atoms with E-state index in [1.54, 1.807) is 12.1 Å². The molecule has 0 spiro atoms. The number of benzene rings is 2. The topological polar surface area (TPSA) is 152 Å². The number of anilines is 1. The Hall–Kier alpha value is -4.01. The van der Waals surface area contributed by atoms with E-state index in [0.29, 0.717) is 15.8 Å². The minimum atomic E-state index is -0.794. The van der Waals surface area contributed by atoms with Crippen LogP contribution in [0, 0.1) is 31.6 Å². The Kier molecular flexibility index (Phi) is 6.67. The van der Waals surface area contributed by atoms with Gasteiger partial charge < -0.3 is 9.73 Å². The van der Waals surface area contributed by atoms with Crippen molar-refractivity contribution in [2.45, 2.75) is 0 Å². The zero-order chi connectivity index (χ0) is 23.4. The molecule has 32 heavy (non-hydrogen) atoms. The third kappa shape index (κ3) is 5.00. The first-order chi connectivity index (χ1) is 15.2. The number of nitriles is 1. The van der Waals surface area contributed by atoms with E-state index in [1.807, 2.05) is 0 Å². The van der Waals surface area contributed by atoms with Crippen LogP contribution in [0.1, 0.15) is 5.76 Å². The number of nitrogens with one attached hydrogen (secondary N) is 1. The average molecular weight is 518 g/mol. The number of amides is 1. The maximum Gasteiger partial charge on any atom is 0.271 e. The van der Waals surface area contributed by atoms with Crippen molar-refractivity contribution >= 4 is 56.6 Å². The van der Waals surface area contributed by atoms with Gasteiger partial charge in [0.25, 0.3) is 17.3 Å². The number of rotatable bonds is 6. The van der Waals surface area contributed by atoms with Gasteiger partial charge in [-0.3, -0.25) is 25.0 Å². The molecule has 0 saturated heterocycles. The van der Waals surface area contributed by atoms with E-state index in [0.717, 1.165) is 12.1 Å². The number of carbonyl (C=O) groups is 1. The van der Waals surface area contributed by atoms with E-state index >= 15 is 0 Å². The maximum absolute atomic E-state index is 12.4. The molecule has 0 saturated carbocycles. The Bertz CT molecular complexity index is 1330. The van der Waals surface area contributed by atoms with Crippen molar-refractivity contribution in [2.24, 2.45) is 0 Å². The lowest BCUT2D eigenvalue weighted by molar-refractivity contribution is -0.385. The molecule has 1 N–H and O–H groups in total. The first kappa shape index (κ1) is 22.7. The largest absolute Gasteiger partial charge is 0.457 e. The van der Waals surface area contributed by atoms with Gasteiger partial charge in [-0.2, -0.15) is 5.26 Å². The van der Waals surface area contributed by atoms with Crippen LogP contribution in [-0.2, 0) is 4.79 Å². The van der Waals surface area contributed by atoms with E-state index in [4.69, 9.17) is 16.0 Å². The first-order valence-corrected chi connectivity index (χ1v) is 9.78. The highest BCUT2D eigenvalue weighted by molar-refractivity contribution is 9.10. The van der Waals surface area contributed by atoms with Gasteiger partial charge in [-0.25, -0.2) is 0 Å². The predicted octanol–water partition coefficient (Wildman–Crippen LogP) is 5.72. The molecule has 0 bridgehead atoms. The van der Waals surface area contributed by atoms with Crippen LogP contribution in [0.25, 0.3) is 17.4 Å². The number of carbonyl (C=O) groups excluding carboxylic acids is 1. The highest BCUT2D eigenvalue weighted by atomic mass is 79.9. The molecule has 10 nitrogen and oxygen atoms in total. The molecule has 1 aromatic heterocycles. The van der Waals surface area contributed by atoms with Crippen LogP contribution in [0.15, 0.2) is 63.0 Å². The van der Waals surface area contributed by atoms with Crippen molar-refractivity contribution < 1.29 is 19.1 Å². The van der Waals surface area contributed by atoms with Gasteiger partial charge in [-0.05, 0) is 40.2 Å². The molecule has 3 aromatic rings. The number of nitro benzene ring substituents is 2. The quantitative estimate of drug-likeness (QED) is 0.190. The summed E-state index contributed by atoms with van der Waals surface area (Å²) in [6.45, 7) is 0. The smallest absolute Gasteiger partial charge is 0.271 e. The van der Waals surface area contributed by atoms with Gasteiger partial charge in [0.15, 0.2) is 0 Å². The molecule has 0 aliphatic carbocycles. The number of nitrogens with zero attached hydrogens (tertiary/aromatic N) is 3. The van der Waals surface area contributed by atoms with Crippen LogP contribution < -0.4 is 5.32 Å². The minimum absolute atomic E-state index is 0.0619. The number of halogens is 2. The number of nitro groups is 2. The van der Waals surface area contributed by atoms with Crippen molar-refractivity contribution in [1.29, 1.82) is 5.26 Å². The van der Waals surface area contributed by atoms with Crippen molar-refractivity contribution in [3.05, 3.63) is 89.6 Å². The standard InChI is InChI=1S/C20H10BrClN4O6/c21-16-8-12(25(28)29)1-4-15(16)19-6-3-14(32-19)7-11(10-23)20(27)24-18-5-2-13(26(30)31)9-17(18)22/h1-9H,(H,24,27)/b11-7+. The Balaban J connectivity index is 1.82. The molecule has 0 aliphatic heterocycles. The van der Waals surface area contributed by atoms with Crippen LogP contribution in [0.2, 0.25) is 5.02 Å². The summed E-state index contributed by atoms with van der Waals surface area (Å²) >= 11 is 9.21. The number of non-ortho nitro benzene ring substituents is 2. The van der Waals surface area contributed by atoms with Crippen molar-refractivity contribution in [2.75, 3.05) is 5.32 Å². The molecule has 1 heterocycles. The SMILES string of the molecule is N#C/C(=C\c1ccc(-c2ccc([N+](=O)[O-])cc2Br)o1)C(=O)Nc1ccc([N+](=O)[O-])cc1Cl. The molecule has 160 valence electrons. The molecular formula is C20H10BrClN4O6. The van der Waals surface area contributed by atoms with E-state index in [-0.39, 0.29) is 33.4 Å². The predicted molar refractivity (Wildman–Crippen MR) is 119 cm³/mol. The fourth-order valence-electron chi connectivity index (χ4n) is 2.59. The molecule has 0 unspecified atom stereocenters. The van der Waals surface area contributed by atoms with Gasteiger partial charge in [-0.15, -0.1) is 0 Å². The Labute approximate surface area is 193 Å². The van der Waals surface area contributed by atoms with Gasteiger partial charge in [0.2, 0.25) is 0 Å². The van der Waals surface area contributed by atoms with Crippen molar-refractivity contribution in [3.63, 3.8) is 0 Å². The lowest BCUT2D eigenvalue weighted by atomic mass is 10.1. The summed E-state index contributed by atoms with van der Waals surface area (Å²) < 4.78 is 6.07. The second-order valence-electron chi connectivity index (χ2n) is 6.17. The Morgan fingerprint density at radius 1 is 1.09 bits per heavy atom. The number of hydrogen-bond acceptors (Lipinski definition) is 7. The molecule has 1 amide bonds. The van der Waals surface area contributed by atoms with Crippen LogP contribution in [0.5, 0.6) is 0 Å². The first-order valence-electron chi connectivity index (χ1n) is 8.61. The molecule has 3 rings (SSSR count). The summed E-state index contributed by atoms with van der Waals surface area (Å²) in [4.78, 5) is 32.9. The Morgan fingerprint density at radius 3 is 2.34 bits per heavy atom. The van der Waals surface area contributed by atoms with Crippen molar-refractivity contribution in [3.8, 4) is 17.4 Å². The minimum Gasteiger partial charge on any atom is -0.457 e. The van der Waals surface area contributed by atoms with Crippen LogP contribution >= 0.6 is 27.5 Å². The van der Waals surface area contributed by atoms with E-state index in [9.17, 15) is 30.3 Å². The summed E-state index contributed by atoms with van der Waals surface area (Å²) in [6, 6.07) is 12.5. The summed E-state index contributed by atoms with van der Waals surface area (Å²) in [5, 5.41) is 33.4. The molecular weight excluding hydrogens is 508 g/mol. The lowest BCUT2D eigenvalue weighted by Crippen LogP contribution is -2.13. The number of furan rings is 1. The maximum atomic E-state index is 12.4. The fraction of sp³-hybridized carbons (Fsp3) is 0. The van der Waals surface area contributed by atoms with Crippen LogP contribution in [-0.4, -0.2) is 15.8 Å². The summed E-state index contributed by atoms with van der Waals surface area (Å²) in [5.74, 6) is -0.251. The highest BCUT2D eigenvalue weighted by Crippen LogP contribution is 2.33. The molecule has 0 fully saturated rings. The average Bonchev–Trinajstić information content (AvgIpc) is 3.21. The highest BCUT2D eigenvalue weighted by Gasteiger charge is 2.16. The van der Waals surface area contributed by atoms with Gasteiger partial charge in [0, 0.05) is 40.4 Å². The fourth-order valence-corrected chi connectivity index (χ4v) is 3.38. The molecule has 0 atom stereocenters. The third-order valence-electron chi connectivity index (χ3n) is 4.12.